The number of pyridine rings is 1. The molecule has 246 valence electrons. The van der Waals surface area contributed by atoms with Crippen molar-refractivity contribution in [2.45, 2.75) is 55.8 Å². The van der Waals surface area contributed by atoms with Crippen molar-refractivity contribution in [2.24, 2.45) is 0 Å². The number of hydrogen-bond acceptors (Lipinski definition) is 9. The Morgan fingerprint density at radius 2 is 1.80 bits per heavy atom. The fourth-order valence-corrected chi connectivity index (χ4v) is 5.77. The number of nitriles is 1. The van der Waals surface area contributed by atoms with Gasteiger partial charge >= 0.3 is 13.0 Å². The molecule has 3 atom stereocenters. The Morgan fingerprint density at radius 3 is 2.37 bits per heavy atom. The van der Waals surface area contributed by atoms with Crippen LogP contribution in [0, 0.1) is 11.3 Å². The third kappa shape index (κ3) is 9.27. The lowest BCUT2D eigenvalue weighted by atomic mass is 10.0. The normalized spacial score (nSPS) is 17.4. The molecule has 0 bridgehead atoms. The van der Waals surface area contributed by atoms with E-state index in [4.69, 9.17) is 4.74 Å². The maximum absolute atomic E-state index is 13.1. The quantitative estimate of drug-likeness (QED) is 0.237. The summed E-state index contributed by atoms with van der Waals surface area (Å²) in [6, 6.07) is 15.2. The average molecular weight is 669 g/mol. The van der Waals surface area contributed by atoms with E-state index in [1.807, 2.05) is 6.07 Å². The number of halogens is 5. The minimum atomic E-state index is -4.88. The summed E-state index contributed by atoms with van der Waals surface area (Å²) in [5.74, 6) is -1.09. The number of ether oxygens (including phenoxy) is 3. The molecular weight excluding hydrogens is 639 g/mol. The van der Waals surface area contributed by atoms with E-state index in [0.29, 0.717) is 11.3 Å². The van der Waals surface area contributed by atoms with E-state index in [9.17, 15) is 40.4 Å². The summed E-state index contributed by atoms with van der Waals surface area (Å²) in [6.07, 6.45) is -4.45. The van der Waals surface area contributed by atoms with Crippen molar-refractivity contribution in [3.05, 3.63) is 78.0 Å². The molecule has 0 radical (unpaired) electrons. The first-order valence-electron chi connectivity index (χ1n) is 13.9. The maximum atomic E-state index is 13.1. The number of benzene rings is 2. The molecule has 1 N–H and O–H groups in total. The van der Waals surface area contributed by atoms with Crippen LogP contribution in [0.5, 0.6) is 11.6 Å². The Labute approximate surface area is 261 Å². The highest BCUT2D eigenvalue weighted by Gasteiger charge is 2.35. The molecule has 4 rings (SSSR count). The lowest BCUT2D eigenvalue weighted by Crippen LogP contribution is -2.34. The fraction of sp³-hybridized carbons (Fsp3) is 0.367. The lowest BCUT2D eigenvalue weighted by molar-refractivity contribution is -0.274. The second-order valence-electron chi connectivity index (χ2n) is 10.2. The number of nitrogens with one attached hydrogen (secondary N) is 1. The van der Waals surface area contributed by atoms with Crippen LogP contribution in [0.1, 0.15) is 41.7 Å². The number of sulfone groups is 1. The van der Waals surface area contributed by atoms with Crippen molar-refractivity contribution in [1.82, 2.24) is 10.3 Å². The van der Waals surface area contributed by atoms with Crippen LogP contribution in [-0.4, -0.2) is 63.3 Å². The Hall–Kier alpha value is -4.49. The fourth-order valence-electron chi connectivity index (χ4n) is 4.88. The summed E-state index contributed by atoms with van der Waals surface area (Å²) in [5.41, 5.74) is 1.35. The van der Waals surface area contributed by atoms with Crippen LogP contribution in [0.25, 0.3) is 0 Å². The van der Waals surface area contributed by atoms with Crippen LogP contribution < -0.4 is 19.7 Å². The monoisotopic (exact) mass is 668 g/mol. The number of carbonyl (C=O) groups is 1. The van der Waals surface area contributed by atoms with Gasteiger partial charge in [0.2, 0.25) is 5.88 Å². The molecule has 10 nitrogen and oxygen atoms in total. The van der Waals surface area contributed by atoms with E-state index >= 15 is 0 Å². The van der Waals surface area contributed by atoms with Gasteiger partial charge in [-0.3, -0.25) is 4.79 Å². The van der Waals surface area contributed by atoms with Gasteiger partial charge in [-0.25, -0.2) is 13.4 Å². The molecule has 3 aromatic rings. The van der Waals surface area contributed by atoms with E-state index in [0.717, 1.165) is 12.3 Å². The molecule has 1 aliphatic rings. The number of hydrogen-bond donors (Lipinski definition) is 1. The van der Waals surface area contributed by atoms with Gasteiger partial charge in [-0.2, -0.15) is 14.0 Å². The zero-order chi connectivity index (χ0) is 33.5. The number of alkyl halides is 5. The molecule has 1 amide bonds. The van der Waals surface area contributed by atoms with Crippen LogP contribution in [0.4, 0.5) is 27.6 Å². The standard InChI is InChI=1S/C30H29F5N4O6S/c1-2-46(41,42)25-10-5-19(6-11-25)26(13-14-36)38-28(40)20-3-7-21(8-4-20)39-17-24(15-22(39)18-43-29(31)32)44-27-12-9-23(16-37-27)45-30(33,34)35/h3-12,16,22,24,26,29H,2,13,15,17-18H2,1H3,(H,38,40)/t22-,24-,26-/m0/s1. The summed E-state index contributed by atoms with van der Waals surface area (Å²) in [6.45, 7) is -1.64. The van der Waals surface area contributed by atoms with Crippen LogP contribution in [0.2, 0.25) is 0 Å². The van der Waals surface area contributed by atoms with Gasteiger partial charge in [0, 0.05) is 23.7 Å². The SMILES string of the molecule is CCS(=O)(=O)c1ccc([C@H](CC#N)NC(=O)c2ccc(N3C[C@@H](Oc4ccc(OC(F)(F)F)cn4)C[C@H]3COC(F)F)cc2)cc1. The van der Waals surface area contributed by atoms with Gasteiger partial charge in [0.15, 0.2) is 9.84 Å². The Morgan fingerprint density at radius 1 is 1.11 bits per heavy atom. The molecule has 0 spiro atoms. The van der Waals surface area contributed by atoms with E-state index in [1.54, 1.807) is 29.2 Å². The number of anilines is 1. The zero-order valence-electron chi connectivity index (χ0n) is 24.3. The number of carbonyl (C=O) groups excluding carboxylic acids is 1. The van der Waals surface area contributed by atoms with E-state index in [1.165, 1.54) is 37.3 Å². The smallest absolute Gasteiger partial charge is 0.472 e. The van der Waals surface area contributed by atoms with Crippen LogP contribution in [0.3, 0.4) is 0 Å². The highest BCUT2D eigenvalue weighted by atomic mass is 32.2. The maximum Gasteiger partial charge on any atom is 0.573 e. The third-order valence-electron chi connectivity index (χ3n) is 7.10. The van der Waals surface area contributed by atoms with Crippen molar-refractivity contribution in [2.75, 3.05) is 23.8 Å². The van der Waals surface area contributed by atoms with E-state index < -0.39 is 52.7 Å². The largest absolute Gasteiger partial charge is 0.573 e. The molecule has 16 heteroatoms. The molecule has 2 heterocycles. The Kier molecular flexibility index (Phi) is 11.0. The lowest BCUT2D eigenvalue weighted by Gasteiger charge is -2.26. The van der Waals surface area contributed by atoms with Gasteiger partial charge in [-0.1, -0.05) is 19.1 Å². The molecule has 1 aliphatic heterocycles. The second kappa shape index (κ2) is 14.7. The number of aromatic nitrogens is 1. The van der Waals surface area contributed by atoms with Gasteiger partial charge in [0.05, 0.1) is 54.6 Å². The summed E-state index contributed by atoms with van der Waals surface area (Å²) in [7, 11) is -3.42. The summed E-state index contributed by atoms with van der Waals surface area (Å²) in [4.78, 5) is 18.8. The second-order valence-corrected chi connectivity index (χ2v) is 12.4. The Balaban J connectivity index is 1.44. The third-order valence-corrected chi connectivity index (χ3v) is 8.85. The summed E-state index contributed by atoms with van der Waals surface area (Å²) in [5, 5.41) is 12.1. The Bertz CT molecular complexity index is 1620. The molecule has 1 aromatic heterocycles. The predicted octanol–water partition coefficient (Wildman–Crippen LogP) is 5.42. The highest BCUT2D eigenvalue weighted by Crippen LogP contribution is 2.30. The summed E-state index contributed by atoms with van der Waals surface area (Å²) < 4.78 is 101. The van der Waals surface area contributed by atoms with E-state index in [-0.39, 0.29) is 48.1 Å². The van der Waals surface area contributed by atoms with Crippen molar-refractivity contribution < 1.29 is 49.4 Å². The average Bonchev–Trinajstić information content (AvgIpc) is 3.42. The molecule has 0 saturated carbocycles. The van der Waals surface area contributed by atoms with Gasteiger partial charge in [-0.05, 0) is 48.0 Å². The molecule has 0 aliphatic carbocycles. The van der Waals surface area contributed by atoms with Crippen molar-refractivity contribution in [1.29, 1.82) is 5.26 Å². The van der Waals surface area contributed by atoms with Crippen molar-refractivity contribution >= 4 is 21.4 Å². The molecule has 2 aromatic carbocycles. The molecule has 1 saturated heterocycles. The minimum absolute atomic E-state index is 0.00970. The van der Waals surface area contributed by atoms with Crippen LogP contribution in [-0.2, 0) is 14.6 Å². The van der Waals surface area contributed by atoms with E-state index in [2.05, 4.69) is 19.8 Å². The zero-order valence-corrected chi connectivity index (χ0v) is 25.1. The van der Waals surface area contributed by atoms with Crippen LogP contribution >= 0.6 is 0 Å². The van der Waals surface area contributed by atoms with Crippen molar-refractivity contribution in [3.8, 4) is 17.7 Å². The highest BCUT2D eigenvalue weighted by molar-refractivity contribution is 7.91. The first-order valence-corrected chi connectivity index (χ1v) is 15.6. The molecular formula is C30H29F5N4O6S. The van der Waals surface area contributed by atoms with Gasteiger partial charge in [-0.15, -0.1) is 13.2 Å². The number of nitrogens with zero attached hydrogens (tertiary/aromatic N) is 3. The first-order chi connectivity index (χ1) is 21.8. The number of rotatable bonds is 13. The number of amides is 1. The first kappa shape index (κ1) is 34.4. The minimum Gasteiger partial charge on any atom is -0.472 e. The van der Waals surface area contributed by atoms with Gasteiger partial charge < -0.3 is 24.4 Å². The molecule has 0 unspecified atom stereocenters. The molecule has 46 heavy (non-hydrogen) atoms. The topological polar surface area (TPSA) is 131 Å². The van der Waals surface area contributed by atoms with Gasteiger partial charge in [0.25, 0.3) is 5.91 Å². The van der Waals surface area contributed by atoms with Crippen molar-refractivity contribution in [3.63, 3.8) is 0 Å². The van der Waals surface area contributed by atoms with Crippen LogP contribution in [0.15, 0.2) is 71.8 Å². The molecule has 1 fully saturated rings. The summed E-state index contributed by atoms with van der Waals surface area (Å²) >= 11 is 0. The predicted molar refractivity (Wildman–Crippen MR) is 154 cm³/mol. The van der Waals surface area contributed by atoms with Gasteiger partial charge in [0.1, 0.15) is 11.9 Å².